The Hall–Kier alpha value is -1.10. The lowest BCUT2D eigenvalue weighted by molar-refractivity contribution is -0.178. The summed E-state index contributed by atoms with van der Waals surface area (Å²) in [6.45, 7) is 5.55. The van der Waals surface area contributed by atoms with Crippen molar-refractivity contribution in [1.82, 2.24) is 0 Å². The number of carboxylic acid groups (broad SMARTS) is 1. The molecule has 1 fully saturated rings. The van der Waals surface area contributed by atoms with Gasteiger partial charge in [-0.2, -0.15) is 0 Å². The Morgan fingerprint density at radius 2 is 2.00 bits per heavy atom. The number of carbonyl (C=O) groups excluding carboxylic acids is 1. The predicted octanol–water partition coefficient (Wildman–Crippen LogP) is 1.83. The van der Waals surface area contributed by atoms with Crippen molar-refractivity contribution < 1.29 is 24.5 Å². The molecule has 1 saturated carbocycles. The Bertz CT molecular complexity index is 339. The fourth-order valence-electron chi connectivity index (χ4n) is 3.14. The van der Waals surface area contributed by atoms with Crippen molar-refractivity contribution in [3.8, 4) is 0 Å². The molecule has 0 aromatic carbocycles. The molecule has 1 aliphatic rings. The minimum Gasteiger partial charge on any atom is -0.480 e. The minimum absolute atomic E-state index is 0.0355. The van der Waals surface area contributed by atoms with E-state index in [4.69, 9.17) is 4.74 Å². The van der Waals surface area contributed by atoms with E-state index in [1.165, 1.54) is 0 Å². The second-order valence-electron chi connectivity index (χ2n) is 5.70. The highest BCUT2D eigenvalue weighted by Crippen LogP contribution is 2.45. The van der Waals surface area contributed by atoms with Gasteiger partial charge >= 0.3 is 11.9 Å². The molecule has 0 heterocycles. The van der Waals surface area contributed by atoms with Crippen molar-refractivity contribution in [3.63, 3.8) is 0 Å². The van der Waals surface area contributed by atoms with Crippen molar-refractivity contribution in [2.75, 3.05) is 6.61 Å². The van der Waals surface area contributed by atoms with Crippen LogP contribution in [0.3, 0.4) is 0 Å². The number of esters is 1. The van der Waals surface area contributed by atoms with E-state index in [2.05, 4.69) is 0 Å². The van der Waals surface area contributed by atoms with Crippen LogP contribution < -0.4 is 0 Å². The molecule has 19 heavy (non-hydrogen) atoms. The number of ether oxygens (including phenoxy) is 1. The lowest BCUT2D eigenvalue weighted by atomic mass is 9.68. The van der Waals surface area contributed by atoms with Gasteiger partial charge in [-0.3, -0.25) is 9.59 Å². The summed E-state index contributed by atoms with van der Waals surface area (Å²) in [7, 11) is 0. The SMILES string of the molecule is CCOC(=O)C(CC(C)C)(C(=O)O)C1CCCC1O. The molecule has 5 heteroatoms. The van der Waals surface area contributed by atoms with Gasteiger partial charge in [-0.25, -0.2) is 0 Å². The highest BCUT2D eigenvalue weighted by molar-refractivity contribution is 5.99. The van der Waals surface area contributed by atoms with E-state index in [9.17, 15) is 19.8 Å². The van der Waals surface area contributed by atoms with Gasteiger partial charge in [-0.1, -0.05) is 20.3 Å². The van der Waals surface area contributed by atoms with E-state index in [0.29, 0.717) is 12.8 Å². The third-order valence-electron chi connectivity index (χ3n) is 3.86. The highest BCUT2D eigenvalue weighted by atomic mass is 16.5. The Morgan fingerprint density at radius 3 is 2.37 bits per heavy atom. The summed E-state index contributed by atoms with van der Waals surface area (Å²) in [5, 5.41) is 19.7. The van der Waals surface area contributed by atoms with E-state index >= 15 is 0 Å². The Morgan fingerprint density at radius 1 is 1.37 bits per heavy atom. The molecular formula is C14H24O5. The zero-order valence-electron chi connectivity index (χ0n) is 11.9. The van der Waals surface area contributed by atoms with E-state index in [1.807, 2.05) is 13.8 Å². The molecule has 0 saturated heterocycles. The van der Waals surface area contributed by atoms with Crippen LogP contribution in [0.1, 0.15) is 46.5 Å². The molecular weight excluding hydrogens is 248 g/mol. The predicted molar refractivity (Wildman–Crippen MR) is 69.5 cm³/mol. The number of aliphatic hydroxyl groups is 1. The van der Waals surface area contributed by atoms with Crippen LogP contribution in [0.5, 0.6) is 0 Å². The number of hydrogen-bond acceptors (Lipinski definition) is 4. The zero-order valence-corrected chi connectivity index (χ0v) is 11.9. The molecule has 3 unspecified atom stereocenters. The first kappa shape index (κ1) is 16.0. The zero-order chi connectivity index (χ0) is 14.6. The maximum Gasteiger partial charge on any atom is 0.323 e. The maximum absolute atomic E-state index is 12.3. The summed E-state index contributed by atoms with van der Waals surface area (Å²) in [6.07, 6.45) is 1.32. The normalized spacial score (nSPS) is 26.2. The largest absolute Gasteiger partial charge is 0.480 e. The van der Waals surface area contributed by atoms with Crippen LogP contribution in [0.2, 0.25) is 0 Å². The molecule has 3 atom stereocenters. The molecule has 0 aliphatic heterocycles. The number of carbonyl (C=O) groups is 2. The van der Waals surface area contributed by atoms with E-state index in [0.717, 1.165) is 6.42 Å². The third kappa shape index (κ3) is 3.08. The summed E-state index contributed by atoms with van der Waals surface area (Å²) in [6, 6.07) is 0. The van der Waals surface area contributed by atoms with Gasteiger partial charge in [0.2, 0.25) is 0 Å². The second kappa shape index (κ2) is 6.37. The molecule has 1 aliphatic carbocycles. The van der Waals surface area contributed by atoms with Crippen molar-refractivity contribution in [1.29, 1.82) is 0 Å². The van der Waals surface area contributed by atoms with Crippen LogP contribution in [-0.2, 0) is 14.3 Å². The van der Waals surface area contributed by atoms with Gasteiger partial charge in [-0.15, -0.1) is 0 Å². The van der Waals surface area contributed by atoms with Crippen LogP contribution in [0.25, 0.3) is 0 Å². The van der Waals surface area contributed by atoms with Crippen molar-refractivity contribution in [3.05, 3.63) is 0 Å². The Balaban J connectivity index is 3.18. The number of rotatable bonds is 6. The van der Waals surface area contributed by atoms with Crippen LogP contribution in [0.4, 0.5) is 0 Å². The van der Waals surface area contributed by atoms with Crippen LogP contribution in [0, 0.1) is 17.3 Å². The van der Waals surface area contributed by atoms with Crippen molar-refractivity contribution >= 4 is 11.9 Å². The number of carboxylic acids is 1. The summed E-state index contributed by atoms with van der Waals surface area (Å²) in [4.78, 5) is 24.1. The molecule has 0 spiro atoms. The lowest BCUT2D eigenvalue weighted by Gasteiger charge is -2.35. The average molecular weight is 272 g/mol. The van der Waals surface area contributed by atoms with Gasteiger partial charge in [0.25, 0.3) is 0 Å². The van der Waals surface area contributed by atoms with E-state index < -0.39 is 29.4 Å². The van der Waals surface area contributed by atoms with Gasteiger partial charge in [0.15, 0.2) is 5.41 Å². The number of aliphatic carboxylic acids is 1. The van der Waals surface area contributed by atoms with Crippen LogP contribution in [-0.4, -0.2) is 34.9 Å². The number of aliphatic hydroxyl groups excluding tert-OH is 1. The second-order valence-corrected chi connectivity index (χ2v) is 5.70. The van der Waals surface area contributed by atoms with Crippen LogP contribution >= 0.6 is 0 Å². The lowest BCUT2D eigenvalue weighted by Crippen LogP contribution is -2.50. The Kier molecular flexibility index (Phi) is 5.35. The maximum atomic E-state index is 12.3. The minimum atomic E-state index is -1.61. The molecule has 0 aromatic heterocycles. The van der Waals surface area contributed by atoms with E-state index in [1.54, 1.807) is 6.92 Å². The first-order valence-electron chi connectivity index (χ1n) is 6.94. The average Bonchev–Trinajstić information content (AvgIpc) is 2.72. The van der Waals surface area contributed by atoms with Gasteiger partial charge in [-0.05, 0) is 32.1 Å². The quantitative estimate of drug-likeness (QED) is 0.569. The fourth-order valence-corrected chi connectivity index (χ4v) is 3.14. The summed E-state index contributed by atoms with van der Waals surface area (Å²) in [5.41, 5.74) is -1.61. The summed E-state index contributed by atoms with van der Waals surface area (Å²) >= 11 is 0. The van der Waals surface area contributed by atoms with Crippen molar-refractivity contribution in [2.45, 2.75) is 52.6 Å². The number of hydrogen-bond donors (Lipinski definition) is 2. The summed E-state index contributed by atoms with van der Waals surface area (Å²) in [5.74, 6) is -2.40. The Labute approximate surface area is 114 Å². The van der Waals surface area contributed by atoms with E-state index in [-0.39, 0.29) is 18.9 Å². The fraction of sp³-hybridized carbons (Fsp3) is 0.857. The summed E-state index contributed by atoms with van der Waals surface area (Å²) < 4.78 is 5.00. The molecule has 0 radical (unpaired) electrons. The molecule has 110 valence electrons. The molecule has 1 rings (SSSR count). The monoisotopic (exact) mass is 272 g/mol. The molecule has 0 aromatic rings. The molecule has 5 nitrogen and oxygen atoms in total. The molecule has 0 amide bonds. The van der Waals surface area contributed by atoms with Gasteiger partial charge in [0, 0.05) is 5.92 Å². The smallest absolute Gasteiger partial charge is 0.323 e. The van der Waals surface area contributed by atoms with Gasteiger partial charge in [0.05, 0.1) is 12.7 Å². The van der Waals surface area contributed by atoms with Gasteiger partial charge in [0.1, 0.15) is 0 Å². The standard InChI is InChI=1S/C14H24O5/c1-4-19-13(18)14(12(16)17,8-9(2)3)10-6-5-7-11(10)15/h9-11,15H,4-8H2,1-3H3,(H,16,17). The first-order valence-corrected chi connectivity index (χ1v) is 6.94. The molecule has 0 bridgehead atoms. The first-order chi connectivity index (χ1) is 8.86. The van der Waals surface area contributed by atoms with Crippen LogP contribution in [0.15, 0.2) is 0 Å². The third-order valence-corrected chi connectivity index (χ3v) is 3.86. The topological polar surface area (TPSA) is 83.8 Å². The van der Waals surface area contributed by atoms with Crippen molar-refractivity contribution in [2.24, 2.45) is 17.3 Å². The highest BCUT2D eigenvalue weighted by Gasteiger charge is 2.57. The molecule has 2 N–H and O–H groups in total. The van der Waals surface area contributed by atoms with Gasteiger partial charge < -0.3 is 14.9 Å².